The molecule has 2 aromatic carbocycles. The minimum Gasteiger partial charge on any atom is -0.489 e. The first-order chi connectivity index (χ1) is 11.8. The monoisotopic (exact) mass is 389 g/mol. The minimum absolute atomic E-state index is 0. The summed E-state index contributed by atoms with van der Waals surface area (Å²) in [7, 11) is 0. The number of halogens is 4. The summed E-state index contributed by atoms with van der Waals surface area (Å²) in [6, 6.07) is 13.8. The Morgan fingerprint density at radius 2 is 1.62 bits per heavy atom. The summed E-state index contributed by atoms with van der Waals surface area (Å²) in [5.41, 5.74) is 1.61. The molecular formula is C19H23ClF3NO2. The lowest BCUT2D eigenvalue weighted by atomic mass is 10.1. The van der Waals surface area contributed by atoms with E-state index in [0.29, 0.717) is 23.8 Å². The summed E-state index contributed by atoms with van der Waals surface area (Å²) < 4.78 is 47.3. The van der Waals surface area contributed by atoms with Crippen molar-refractivity contribution in [3.63, 3.8) is 0 Å². The lowest BCUT2D eigenvalue weighted by molar-refractivity contribution is -0.274. The molecule has 0 saturated carbocycles. The molecule has 2 rings (SSSR count). The first kappa shape index (κ1) is 22.1. The fraction of sp³-hybridized carbons (Fsp3) is 0.368. The smallest absolute Gasteiger partial charge is 0.489 e. The van der Waals surface area contributed by atoms with Crippen molar-refractivity contribution < 1.29 is 22.6 Å². The highest BCUT2D eigenvalue weighted by Gasteiger charge is 2.31. The van der Waals surface area contributed by atoms with Crippen LogP contribution in [0.3, 0.4) is 0 Å². The summed E-state index contributed by atoms with van der Waals surface area (Å²) in [4.78, 5) is 0. The highest BCUT2D eigenvalue weighted by atomic mass is 35.5. The number of ether oxygens (including phenoxy) is 2. The Morgan fingerprint density at radius 1 is 0.962 bits per heavy atom. The SMILES string of the molecule is CC(C)CNCc1cc(OCc2ccccc2)cc(OC(F)(F)F)c1.Cl. The summed E-state index contributed by atoms with van der Waals surface area (Å²) in [5, 5.41) is 3.20. The Morgan fingerprint density at radius 3 is 2.23 bits per heavy atom. The molecule has 7 heteroatoms. The van der Waals surface area contributed by atoms with E-state index < -0.39 is 6.36 Å². The standard InChI is InChI=1S/C19H22F3NO2.ClH/c1-14(2)11-23-12-16-8-17(10-18(9-16)25-19(20,21)22)24-13-15-6-4-3-5-7-15;/h3-10,14,23H,11-13H2,1-2H3;1H. The third-order valence-electron chi connectivity index (χ3n) is 3.30. The Hall–Kier alpha value is -1.92. The van der Waals surface area contributed by atoms with E-state index >= 15 is 0 Å². The van der Waals surface area contributed by atoms with Gasteiger partial charge in [0.05, 0.1) is 0 Å². The average molecular weight is 390 g/mol. The van der Waals surface area contributed by atoms with Crippen molar-refractivity contribution in [2.45, 2.75) is 33.4 Å². The van der Waals surface area contributed by atoms with Crippen LogP contribution < -0.4 is 14.8 Å². The highest BCUT2D eigenvalue weighted by Crippen LogP contribution is 2.28. The Bertz CT molecular complexity index is 664. The molecule has 0 heterocycles. The van der Waals surface area contributed by atoms with Gasteiger partial charge in [-0.1, -0.05) is 44.2 Å². The van der Waals surface area contributed by atoms with E-state index in [9.17, 15) is 13.2 Å². The second-order valence-electron chi connectivity index (χ2n) is 6.16. The van der Waals surface area contributed by atoms with Gasteiger partial charge in [-0.25, -0.2) is 0 Å². The molecule has 0 atom stereocenters. The molecule has 0 fully saturated rings. The van der Waals surface area contributed by atoms with E-state index in [1.165, 1.54) is 12.1 Å². The second-order valence-corrected chi connectivity index (χ2v) is 6.16. The van der Waals surface area contributed by atoms with Crippen molar-refractivity contribution in [3.8, 4) is 11.5 Å². The predicted octanol–water partition coefficient (Wildman–Crippen LogP) is 5.33. The van der Waals surface area contributed by atoms with Crippen molar-refractivity contribution in [2.75, 3.05) is 6.54 Å². The van der Waals surface area contributed by atoms with Crippen molar-refractivity contribution >= 4 is 12.4 Å². The Kier molecular flexibility index (Phi) is 8.75. The molecule has 2 aromatic rings. The maximum Gasteiger partial charge on any atom is 0.573 e. The molecule has 0 aromatic heterocycles. The summed E-state index contributed by atoms with van der Waals surface area (Å²) >= 11 is 0. The van der Waals surface area contributed by atoms with Crippen LogP contribution in [0.15, 0.2) is 48.5 Å². The first-order valence-electron chi connectivity index (χ1n) is 8.09. The summed E-state index contributed by atoms with van der Waals surface area (Å²) in [6.07, 6.45) is -4.74. The molecule has 0 radical (unpaired) electrons. The highest BCUT2D eigenvalue weighted by molar-refractivity contribution is 5.85. The zero-order valence-corrected chi connectivity index (χ0v) is 15.5. The predicted molar refractivity (Wildman–Crippen MR) is 97.7 cm³/mol. The number of alkyl halides is 3. The molecule has 26 heavy (non-hydrogen) atoms. The largest absolute Gasteiger partial charge is 0.573 e. The van der Waals surface area contributed by atoms with E-state index in [1.54, 1.807) is 6.07 Å². The lowest BCUT2D eigenvalue weighted by Gasteiger charge is -2.14. The molecule has 0 spiro atoms. The number of rotatable bonds is 8. The van der Waals surface area contributed by atoms with Crippen molar-refractivity contribution in [1.29, 1.82) is 0 Å². The molecular weight excluding hydrogens is 367 g/mol. The van der Waals surface area contributed by atoms with Crippen LogP contribution in [0.25, 0.3) is 0 Å². The van der Waals surface area contributed by atoms with Crippen LogP contribution in [-0.2, 0) is 13.2 Å². The quantitative estimate of drug-likeness (QED) is 0.661. The van der Waals surface area contributed by atoms with Gasteiger partial charge in [-0.05, 0) is 35.7 Å². The fourth-order valence-corrected chi connectivity index (χ4v) is 2.25. The Balaban J connectivity index is 0.00000338. The minimum atomic E-state index is -4.74. The van der Waals surface area contributed by atoms with Gasteiger partial charge >= 0.3 is 6.36 Å². The third kappa shape index (κ3) is 8.45. The second kappa shape index (κ2) is 10.3. The van der Waals surface area contributed by atoms with Crippen LogP contribution in [0.4, 0.5) is 13.2 Å². The molecule has 0 aliphatic carbocycles. The maximum atomic E-state index is 12.5. The van der Waals surface area contributed by atoms with E-state index in [1.807, 2.05) is 30.3 Å². The van der Waals surface area contributed by atoms with Gasteiger partial charge < -0.3 is 14.8 Å². The van der Waals surface area contributed by atoms with E-state index in [2.05, 4.69) is 23.9 Å². The number of hydrogen-bond donors (Lipinski definition) is 1. The van der Waals surface area contributed by atoms with Gasteiger partial charge in [0.2, 0.25) is 0 Å². The molecule has 0 unspecified atom stereocenters. The molecule has 0 aliphatic heterocycles. The van der Waals surface area contributed by atoms with E-state index in [0.717, 1.165) is 12.1 Å². The molecule has 0 saturated heterocycles. The Labute approximate surface area is 157 Å². The van der Waals surface area contributed by atoms with Crippen LogP contribution >= 0.6 is 12.4 Å². The first-order valence-corrected chi connectivity index (χ1v) is 8.09. The molecule has 3 nitrogen and oxygen atoms in total. The molecule has 0 amide bonds. The zero-order chi connectivity index (χ0) is 18.3. The van der Waals surface area contributed by atoms with Crippen molar-refractivity contribution in [3.05, 3.63) is 59.7 Å². The zero-order valence-electron chi connectivity index (χ0n) is 14.7. The van der Waals surface area contributed by atoms with Crippen LogP contribution in [-0.4, -0.2) is 12.9 Å². The van der Waals surface area contributed by atoms with Crippen LogP contribution in [0, 0.1) is 5.92 Å². The van der Waals surface area contributed by atoms with Gasteiger partial charge in [-0.2, -0.15) is 0 Å². The number of hydrogen-bond acceptors (Lipinski definition) is 3. The maximum absolute atomic E-state index is 12.5. The van der Waals surface area contributed by atoms with E-state index in [4.69, 9.17) is 4.74 Å². The normalized spacial score (nSPS) is 11.2. The van der Waals surface area contributed by atoms with Crippen LogP contribution in [0.2, 0.25) is 0 Å². The molecule has 144 valence electrons. The molecule has 0 aliphatic rings. The van der Waals surface area contributed by atoms with Gasteiger partial charge in [0.15, 0.2) is 0 Å². The van der Waals surface area contributed by atoms with Gasteiger partial charge in [-0.15, -0.1) is 25.6 Å². The van der Waals surface area contributed by atoms with Crippen LogP contribution in [0.5, 0.6) is 11.5 Å². The molecule has 1 N–H and O–H groups in total. The topological polar surface area (TPSA) is 30.5 Å². The van der Waals surface area contributed by atoms with Gasteiger partial charge in [0.1, 0.15) is 18.1 Å². The van der Waals surface area contributed by atoms with E-state index in [-0.39, 0.29) is 24.8 Å². The number of benzene rings is 2. The van der Waals surface area contributed by atoms with Crippen LogP contribution in [0.1, 0.15) is 25.0 Å². The summed E-state index contributed by atoms with van der Waals surface area (Å²) in [5.74, 6) is 0.509. The van der Waals surface area contributed by atoms with Gasteiger partial charge in [0, 0.05) is 12.6 Å². The van der Waals surface area contributed by atoms with Crippen molar-refractivity contribution in [2.24, 2.45) is 5.92 Å². The molecule has 0 bridgehead atoms. The average Bonchev–Trinajstić information content (AvgIpc) is 2.52. The summed E-state index contributed by atoms with van der Waals surface area (Å²) in [6.45, 7) is 5.60. The van der Waals surface area contributed by atoms with Gasteiger partial charge in [0.25, 0.3) is 0 Å². The van der Waals surface area contributed by atoms with Gasteiger partial charge in [-0.3, -0.25) is 0 Å². The third-order valence-corrected chi connectivity index (χ3v) is 3.30. The van der Waals surface area contributed by atoms with Crippen molar-refractivity contribution in [1.82, 2.24) is 5.32 Å². The number of nitrogens with one attached hydrogen (secondary N) is 1. The lowest BCUT2D eigenvalue weighted by Crippen LogP contribution is -2.20. The fourth-order valence-electron chi connectivity index (χ4n) is 2.25.